The van der Waals surface area contributed by atoms with E-state index >= 15 is 0 Å². The fourth-order valence-corrected chi connectivity index (χ4v) is 1.85. The molecule has 5 heteroatoms. The predicted molar refractivity (Wildman–Crippen MR) is 74.0 cm³/mol. The van der Waals surface area contributed by atoms with Gasteiger partial charge in [0.2, 0.25) is 0 Å². The summed E-state index contributed by atoms with van der Waals surface area (Å²) in [6, 6.07) is 5.53. The molecule has 2 rings (SSSR count). The zero-order chi connectivity index (χ0) is 14.4. The molecule has 0 bridgehead atoms. The Labute approximate surface area is 112 Å². The van der Waals surface area contributed by atoms with Gasteiger partial charge in [-0.1, -0.05) is 6.07 Å². The molecule has 0 aliphatic heterocycles. The molecule has 104 valence electrons. The molecule has 0 saturated carbocycles. The molecule has 2 aromatic rings. The van der Waals surface area contributed by atoms with Crippen molar-refractivity contribution in [2.75, 3.05) is 20.8 Å². The summed E-state index contributed by atoms with van der Waals surface area (Å²) in [5.41, 5.74) is 1.14. The Bertz CT molecular complexity index is 560. The Morgan fingerprint density at radius 1 is 1.37 bits per heavy atom. The fourth-order valence-electron chi connectivity index (χ4n) is 1.85. The topological polar surface area (TPSA) is 60.7 Å². The van der Waals surface area contributed by atoms with Crippen LogP contribution < -0.4 is 4.74 Å². The summed E-state index contributed by atoms with van der Waals surface area (Å²) >= 11 is 0. The number of methoxy groups -OCH3 is 1. The first-order chi connectivity index (χ1) is 9.06. The lowest BCUT2D eigenvalue weighted by molar-refractivity contribution is 0.0698. The van der Waals surface area contributed by atoms with Crippen molar-refractivity contribution in [2.24, 2.45) is 7.05 Å². The maximum atomic E-state index is 11.1. The highest BCUT2D eigenvalue weighted by atomic mass is 16.5. The lowest BCUT2D eigenvalue weighted by Gasteiger charge is -2.05. The van der Waals surface area contributed by atoms with Crippen molar-refractivity contribution in [1.82, 2.24) is 4.57 Å². The SMILES string of the molecule is CCOc1cccc2c1c(C(=O)O)cn2C.COC. The summed E-state index contributed by atoms with van der Waals surface area (Å²) in [4.78, 5) is 11.1. The number of benzene rings is 1. The van der Waals surface area contributed by atoms with Crippen LogP contribution in [0.3, 0.4) is 0 Å². The van der Waals surface area contributed by atoms with Gasteiger partial charge >= 0.3 is 5.97 Å². The second-order valence-corrected chi connectivity index (χ2v) is 3.95. The van der Waals surface area contributed by atoms with Gasteiger partial charge in [0.15, 0.2) is 0 Å². The van der Waals surface area contributed by atoms with Gasteiger partial charge in [-0.2, -0.15) is 0 Å². The van der Waals surface area contributed by atoms with E-state index in [0.717, 1.165) is 5.52 Å². The number of aromatic carboxylic acids is 1. The molecule has 0 saturated heterocycles. The lowest BCUT2D eigenvalue weighted by Crippen LogP contribution is -1.97. The lowest BCUT2D eigenvalue weighted by atomic mass is 10.1. The molecule has 0 unspecified atom stereocenters. The summed E-state index contributed by atoms with van der Waals surface area (Å²) in [6.45, 7) is 2.40. The molecule has 0 aliphatic carbocycles. The maximum absolute atomic E-state index is 11.1. The third-order valence-electron chi connectivity index (χ3n) is 2.51. The van der Waals surface area contributed by atoms with Crippen LogP contribution in [0.15, 0.2) is 24.4 Å². The number of aryl methyl sites for hydroxylation is 1. The third kappa shape index (κ3) is 3.26. The van der Waals surface area contributed by atoms with Crippen LogP contribution in [0, 0.1) is 0 Å². The first kappa shape index (κ1) is 15.0. The molecule has 1 heterocycles. The van der Waals surface area contributed by atoms with Gasteiger partial charge in [0.05, 0.1) is 23.1 Å². The Morgan fingerprint density at radius 3 is 2.53 bits per heavy atom. The standard InChI is InChI=1S/C12H13NO3.C2H6O/c1-3-16-10-6-4-5-9-11(10)8(12(14)15)7-13(9)2;1-3-2/h4-7H,3H2,1-2H3,(H,14,15);1-2H3. The molecule has 1 aromatic heterocycles. The zero-order valence-corrected chi connectivity index (χ0v) is 11.6. The van der Waals surface area contributed by atoms with Crippen molar-refractivity contribution in [3.63, 3.8) is 0 Å². The number of fused-ring (bicyclic) bond motifs is 1. The number of aromatic nitrogens is 1. The van der Waals surface area contributed by atoms with E-state index in [-0.39, 0.29) is 5.56 Å². The van der Waals surface area contributed by atoms with Crippen LogP contribution in [0.5, 0.6) is 5.75 Å². The van der Waals surface area contributed by atoms with Crippen LogP contribution >= 0.6 is 0 Å². The fraction of sp³-hybridized carbons (Fsp3) is 0.357. The van der Waals surface area contributed by atoms with Crippen LogP contribution in [-0.4, -0.2) is 36.5 Å². The number of hydrogen-bond acceptors (Lipinski definition) is 3. The van der Waals surface area contributed by atoms with Gasteiger partial charge in [-0.15, -0.1) is 0 Å². The minimum absolute atomic E-state index is 0.279. The van der Waals surface area contributed by atoms with Gasteiger partial charge in [-0.3, -0.25) is 0 Å². The van der Waals surface area contributed by atoms with Gasteiger partial charge in [0, 0.05) is 27.5 Å². The van der Waals surface area contributed by atoms with Crippen LogP contribution in [0.1, 0.15) is 17.3 Å². The van der Waals surface area contributed by atoms with Gasteiger partial charge in [-0.05, 0) is 19.1 Å². The van der Waals surface area contributed by atoms with E-state index in [1.165, 1.54) is 0 Å². The minimum atomic E-state index is -0.933. The van der Waals surface area contributed by atoms with E-state index in [0.29, 0.717) is 17.7 Å². The van der Waals surface area contributed by atoms with E-state index in [2.05, 4.69) is 4.74 Å². The normalized spacial score (nSPS) is 9.89. The molecular weight excluding hydrogens is 246 g/mol. The molecule has 0 amide bonds. The zero-order valence-electron chi connectivity index (χ0n) is 11.6. The molecule has 1 aromatic carbocycles. The first-order valence-electron chi connectivity index (χ1n) is 5.91. The number of ether oxygens (including phenoxy) is 2. The van der Waals surface area contributed by atoms with Crippen molar-refractivity contribution in [3.8, 4) is 5.75 Å². The summed E-state index contributed by atoms with van der Waals surface area (Å²) < 4.78 is 11.5. The summed E-state index contributed by atoms with van der Waals surface area (Å²) in [5.74, 6) is -0.309. The Kier molecular flexibility index (Phi) is 5.38. The number of carboxylic acid groups (broad SMARTS) is 1. The van der Waals surface area contributed by atoms with Crippen molar-refractivity contribution in [1.29, 1.82) is 0 Å². The molecule has 5 nitrogen and oxygen atoms in total. The largest absolute Gasteiger partial charge is 0.493 e. The van der Waals surface area contributed by atoms with E-state index in [1.807, 2.05) is 26.1 Å². The van der Waals surface area contributed by atoms with Crippen molar-refractivity contribution < 1.29 is 19.4 Å². The van der Waals surface area contributed by atoms with Crippen LogP contribution in [0.4, 0.5) is 0 Å². The third-order valence-corrected chi connectivity index (χ3v) is 2.51. The van der Waals surface area contributed by atoms with Crippen molar-refractivity contribution >= 4 is 16.9 Å². The summed E-state index contributed by atoms with van der Waals surface area (Å²) in [7, 11) is 5.07. The van der Waals surface area contributed by atoms with Gasteiger partial charge in [0.25, 0.3) is 0 Å². The molecule has 0 fully saturated rings. The highest BCUT2D eigenvalue weighted by molar-refractivity contribution is 6.06. The number of carbonyl (C=O) groups is 1. The highest BCUT2D eigenvalue weighted by Gasteiger charge is 2.16. The van der Waals surface area contributed by atoms with E-state index in [1.54, 1.807) is 31.0 Å². The summed E-state index contributed by atoms with van der Waals surface area (Å²) in [6.07, 6.45) is 1.61. The van der Waals surface area contributed by atoms with Gasteiger partial charge < -0.3 is 19.1 Å². The van der Waals surface area contributed by atoms with Crippen LogP contribution in [0.2, 0.25) is 0 Å². The molecule has 0 aliphatic rings. The number of rotatable bonds is 3. The quantitative estimate of drug-likeness (QED) is 0.926. The second-order valence-electron chi connectivity index (χ2n) is 3.95. The molecule has 19 heavy (non-hydrogen) atoms. The number of carboxylic acids is 1. The maximum Gasteiger partial charge on any atom is 0.338 e. The molecule has 0 atom stereocenters. The van der Waals surface area contributed by atoms with Crippen molar-refractivity contribution in [2.45, 2.75) is 6.92 Å². The van der Waals surface area contributed by atoms with Crippen molar-refractivity contribution in [3.05, 3.63) is 30.0 Å². The average Bonchev–Trinajstić information content (AvgIpc) is 2.70. The van der Waals surface area contributed by atoms with E-state index < -0.39 is 5.97 Å². The molecule has 1 N–H and O–H groups in total. The Hall–Kier alpha value is -2.01. The van der Waals surface area contributed by atoms with Crippen LogP contribution in [-0.2, 0) is 11.8 Å². The van der Waals surface area contributed by atoms with Crippen LogP contribution in [0.25, 0.3) is 10.9 Å². The number of hydrogen-bond donors (Lipinski definition) is 1. The average molecular weight is 265 g/mol. The first-order valence-corrected chi connectivity index (χ1v) is 5.91. The molecular formula is C14H19NO4. The molecule has 0 spiro atoms. The Balaban J connectivity index is 0.000000550. The second kappa shape index (κ2) is 6.80. The monoisotopic (exact) mass is 265 g/mol. The highest BCUT2D eigenvalue weighted by Crippen LogP contribution is 2.30. The smallest absolute Gasteiger partial charge is 0.338 e. The van der Waals surface area contributed by atoms with Gasteiger partial charge in [0.1, 0.15) is 5.75 Å². The minimum Gasteiger partial charge on any atom is -0.493 e. The van der Waals surface area contributed by atoms with E-state index in [4.69, 9.17) is 9.84 Å². The molecule has 0 radical (unpaired) electrons. The number of nitrogens with zero attached hydrogens (tertiary/aromatic N) is 1. The van der Waals surface area contributed by atoms with E-state index in [9.17, 15) is 4.79 Å². The Morgan fingerprint density at radius 2 is 2.00 bits per heavy atom. The summed E-state index contributed by atoms with van der Waals surface area (Å²) in [5, 5.41) is 9.79. The predicted octanol–water partition coefficient (Wildman–Crippen LogP) is 2.54. The van der Waals surface area contributed by atoms with Gasteiger partial charge in [-0.25, -0.2) is 4.79 Å².